The third kappa shape index (κ3) is 22.9. The Morgan fingerprint density at radius 2 is 0.778 bits per heavy atom. The van der Waals surface area contributed by atoms with E-state index in [1.807, 2.05) is 0 Å². The van der Waals surface area contributed by atoms with Crippen LogP contribution in [0.15, 0.2) is 74.4 Å². The minimum absolute atomic E-state index is 0.256. The summed E-state index contributed by atoms with van der Waals surface area (Å²) in [6, 6.07) is 0. The van der Waals surface area contributed by atoms with Crippen LogP contribution in [0.3, 0.4) is 0 Å². The Labute approximate surface area is 162 Å². The largest absolute Gasteiger partial charge is 0.458 e. The van der Waals surface area contributed by atoms with Gasteiger partial charge in [0.1, 0.15) is 19.8 Å². The molecule has 150 valence electrons. The van der Waals surface area contributed by atoms with Crippen molar-refractivity contribution >= 4 is 17.9 Å². The molecule has 6 heteroatoms. The van der Waals surface area contributed by atoms with Gasteiger partial charge in [-0.3, -0.25) is 0 Å². The van der Waals surface area contributed by atoms with Gasteiger partial charge in [-0.25, -0.2) is 14.4 Å². The van der Waals surface area contributed by atoms with Crippen molar-refractivity contribution in [1.82, 2.24) is 0 Å². The van der Waals surface area contributed by atoms with Crippen molar-refractivity contribution < 1.29 is 28.6 Å². The van der Waals surface area contributed by atoms with E-state index in [0.29, 0.717) is 16.7 Å². The molecule has 0 atom stereocenters. The van der Waals surface area contributed by atoms with E-state index in [-0.39, 0.29) is 37.7 Å². The Morgan fingerprint density at radius 1 is 0.593 bits per heavy atom. The second-order valence-electron chi connectivity index (χ2n) is 5.00. The molecule has 0 fully saturated rings. The summed E-state index contributed by atoms with van der Waals surface area (Å²) in [5.74, 6) is -1.10. The third-order valence-electron chi connectivity index (χ3n) is 2.04. The van der Waals surface area contributed by atoms with Crippen LogP contribution < -0.4 is 0 Å². The molecule has 0 amide bonds. The van der Waals surface area contributed by atoms with E-state index >= 15 is 0 Å². The summed E-state index contributed by atoms with van der Waals surface area (Å²) in [4.78, 5) is 31.6. The van der Waals surface area contributed by atoms with Crippen molar-refractivity contribution in [3.8, 4) is 0 Å². The lowest BCUT2D eigenvalue weighted by molar-refractivity contribution is -0.138. The van der Waals surface area contributed by atoms with Crippen molar-refractivity contribution in [2.45, 2.75) is 20.8 Å². The molecule has 0 heterocycles. The van der Waals surface area contributed by atoms with Gasteiger partial charge in [-0.05, 0) is 20.8 Å². The van der Waals surface area contributed by atoms with Crippen molar-refractivity contribution in [3.63, 3.8) is 0 Å². The first-order chi connectivity index (χ1) is 12.5. The summed E-state index contributed by atoms with van der Waals surface area (Å²) in [7, 11) is 0. The number of rotatable bonds is 9. The summed E-state index contributed by atoms with van der Waals surface area (Å²) in [6.45, 7) is 25.9. The van der Waals surface area contributed by atoms with Gasteiger partial charge in [0, 0.05) is 16.7 Å². The molecule has 27 heavy (non-hydrogen) atoms. The molecular formula is C21H30O6. The number of carbonyl (C=O) groups excluding carboxylic acids is 3. The number of esters is 3. The second kappa shape index (κ2) is 19.2. The summed E-state index contributed by atoms with van der Waals surface area (Å²) in [5, 5.41) is 0. The zero-order valence-corrected chi connectivity index (χ0v) is 16.5. The molecule has 0 N–H and O–H groups in total. The fourth-order valence-electron chi connectivity index (χ4n) is 0.773. The van der Waals surface area contributed by atoms with Gasteiger partial charge in [0.05, 0.1) is 0 Å². The van der Waals surface area contributed by atoms with E-state index in [0.717, 1.165) is 0 Å². The molecule has 0 saturated heterocycles. The summed E-state index contributed by atoms with van der Waals surface area (Å²) >= 11 is 0. The number of hydrogen-bond acceptors (Lipinski definition) is 6. The zero-order chi connectivity index (χ0) is 21.8. The molecule has 0 unspecified atom stereocenters. The van der Waals surface area contributed by atoms with Crippen molar-refractivity contribution in [2.24, 2.45) is 0 Å². The van der Waals surface area contributed by atoms with Crippen LogP contribution in [0.25, 0.3) is 0 Å². The van der Waals surface area contributed by atoms with E-state index in [9.17, 15) is 14.4 Å². The molecule has 0 aliphatic carbocycles. The normalized spacial score (nSPS) is 8.11. The van der Waals surface area contributed by atoms with Gasteiger partial charge >= 0.3 is 17.9 Å². The van der Waals surface area contributed by atoms with E-state index in [4.69, 9.17) is 0 Å². The SMILES string of the molecule is C=CCOC(=O)C(=C)C.C=CCOC(=O)C(=C)C.C=CCOC(=O)C(=C)C. The van der Waals surface area contributed by atoms with Crippen molar-refractivity contribution in [3.05, 3.63) is 74.4 Å². The number of carbonyl (C=O) groups is 3. The maximum atomic E-state index is 10.5. The average molecular weight is 378 g/mol. The molecule has 0 aliphatic heterocycles. The predicted molar refractivity (Wildman–Crippen MR) is 108 cm³/mol. The third-order valence-corrected chi connectivity index (χ3v) is 2.04. The lowest BCUT2D eigenvalue weighted by atomic mass is 10.4. The minimum Gasteiger partial charge on any atom is -0.458 e. The van der Waals surface area contributed by atoms with Gasteiger partial charge in [-0.1, -0.05) is 57.7 Å². The van der Waals surface area contributed by atoms with E-state index in [2.05, 4.69) is 53.7 Å². The first-order valence-electron chi connectivity index (χ1n) is 7.85. The molecule has 0 bridgehead atoms. The topological polar surface area (TPSA) is 78.9 Å². The quantitative estimate of drug-likeness (QED) is 0.262. The first kappa shape index (κ1) is 28.6. The van der Waals surface area contributed by atoms with Crippen LogP contribution >= 0.6 is 0 Å². The average Bonchev–Trinajstić information content (AvgIpc) is 2.62. The smallest absolute Gasteiger partial charge is 0.333 e. The summed E-state index contributed by atoms with van der Waals surface area (Å²) in [6.07, 6.45) is 4.54. The van der Waals surface area contributed by atoms with Gasteiger partial charge in [-0.2, -0.15) is 0 Å². The molecule has 0 aromatic heterocycles. The summed E-state index contributed by atoms with van der Waals surface area (Å²) in [5.41, 5.74) is 1.24. The molecule has 0 aromatic rings. The molecule has 0 aliphatic rings. The number of hydrogen-bond donors (Lipinski definition) is 0. The highest BCUT2D eigenvalue weighted by atomic mass is 16.5. The highest BCUT2D eigenvalue weighted by Gasteiger charge is 2.00. The lowest BCUT2D eigenvalue weighted by Gasteiger charge is -1.97. The Hall–Kier alpha value is -3.15. The summed E-state index contributed by atoms with van der Waals surface area (Å²) < 4.78 is 13.8. The van der Waals surface area contributed by atoms with E-state index in [1.54, 1.807) is 20.8 Å². The van der Waals surface area contributed by atoms with Crippen LogP contribution in [0.2, 0.25) is 0 Å². The van der Waals surface area contributed by atoms with Crippen LogP contribution in [0, 0.1) is 0 Å². The van der Waals surface area contributed by atoms with Crippen LogP contribution in [-0.2, 0) is 28.6 Å². The molecule has 0 spiro atoms. The monoisotopic (exact) mass is 378 g/mol. The van der Waals surface area contributed by atoms with E-state index in [1.165, 1.54) is 18.2 Å². The Bertz CT molecular complexity index is 488. The fraction of sp³-hybridized carbons (Fsp3) is 0.286. The Kier molecular flexibility index (Phi) is 20.3. The molecular weight excluding hydrogens is 348 g/mol. The van der Waals surface area contributed by atoms with Gasteiger partial charge < -0.3 is 14.2 Å². The molecule has 0 saturated carbocycles. The Balaban J connectivity index is -0.000000320. The van der Waals surface area contributed by atoms with Gasteiger partial charge in [0.2, 0.25) is 0 Å². The maximum Gasteiger partial charge on any atom is 0.333 e. The lowest BCUT2D eigenvalue weighted by Crippen LogP contribution is -2.03. The van der Waals surface area contributed by atoms with E-state index < -0.39 is 0 Å². The zero-order valence-electron chi connectivity index (χ0n) is 16.5. The second-order valence-corrected chi connectivity index (χ2v) is 5.00. The number of ether oxygens (including phenoxy) is 3. The van der Waals surface area contributed by atoms with Gasteiger partial charge in [0.15, 0.2) is 0 Å². The minimum atomic E-state index is -0.366. The molecule has 0 radical (unpaired) electrons. The highest BCUT2D eigenvalue weighted by Crippen LogP contribution is 1.91. The standard InChI is InChI=1S/3C7H10O2/c3*1-4-5-9-7(8)6(2)3/h3*4H,1-2,5H2,3H3. The van der Waals surface area contributed by atoms with Crippen LogP contribution in [0.1, 0.15) is 20.8 Å². The fourth-order valence-corrected chi connectivity index (χ4v) is 0.773. The van der Waals surface area contributed by atoms with Gasteiger partial charge in [0.25, 0.3) is 0 Å². The maximum absolute atomic E-state index is 10.5. The molecule has 0 rings (SSSR count). The van der Waals surface area contributed by atoms with Gasteiger partial charge in [-0.15, -0.1) is 0 Å². The van der Waals surface area contributed by atoms with Crippen LogP contribution in [0.5, 0.6) is 0 Å². The van der Waals surface area contributed by atoms with Crippen LogP contribution in [-0.4, -0.2) is 37.7 Å². The predicted octanol–water partition coefficient (Wildman–Crippen LogP) is 3.88. The van der Waals surface area contributed by atoms with Crippen molar-refractivity contribution in [1.29, 1.82) is 0 Å². The first-order valence-corrected chi connectivity index (χ1v) is 7.85. The Morgan fingerprint density at radius 3 is 0.889 bits per heavy atom. The van der Waals surface area contributed by atoms with Crippen molar-refractivity contribution in [2.75, 3.05) is 19.8 Å². The molecule has 0 aromatic carbocycles. The van der Waals surface area contributed by atoms with Crippen LogP contribution in [0.4, 0.5) is 0 Å². The molecule has 6 nitrogen and oxygen atoms in total. The highest BCUT2D eigenvalue weighted by molar-refractivity contribution is 5.87.